The number of nitrogens with one attached hydrogen (secondary N) is 1. The molecule has 2 unspecified atom stereocenters. The third kappa shape index (κ3) is 5.58. The van der Waals surface area contributed by atoms with Gasteiger partial charge in [0.1, 0.15) is 0 Å². The van der Waals surface area contributed by atoms with Crippen LogP contribution in [-0.2, 0) is 14.3 Å². The molecule has 1 aliphatic rings. The van der Waals surface area contributed by atoms with Crippen LogP contribution >= 0.6 is 0 Å². The number of methoxy groups -OCH3 is 1. The number of amides is 2. The van der Waals surface area contributed by atoms with E-state index in [1.165, 1.54) is 18.9 Å². The molecule has 0 aliphatic carbocycles. The summed E-state index contributed by atoms with van der Waals surface area (Å²) in [5, 5.41) is 21.0. The molecule has 1 saturated heterocycles. The van der Waals surface area contributed by atoms with Gasteiger partial charge in [-0.05, 0) is 19.8 Å². The maximum absolute atomic E-state index is 12.0. The van der Waals surface area contributed by atoms with Crippen molar-refractivity contribution in [3.8, 4) is 0 Å². The molecule has 0 bridgehead atoms. The van der Waals surface area contributed by atoms with Crippen molar-refractivity contribution in [2.24, 2.45) is 5.92 Å². The van der Waals surface area contributed by atoms with Crippen molar-refractivity contribution >= 4 is 18.0 Å². The van der Waals surface area contributed by atoms with Gasteiger partial charge in [0.15, 0.2) is 0 Å². The molecule has 21 heavy (non-hydrogen) atoms. The first-order valence-electron chi connectivity index (χ1n) is 6.80. The number of rotatable bonds is 5. The van der Waals surface area contributed by atoms with Crippen LogP contribution in [-0.4, -0.2) is 65.4 Å². The largest absolute Gasteiger partial charge is 0.481 e. The van der Waals surface area contributed by atoms with Crippen LogP contribution in [0.4, 0.5) is 4.79 Å². The Balaban J connectivity index is 2.48. The van der Waals surface area contributed by atoms with Crippen molar-refractivity contribution in [1.82, 2.24) is 10.2 Å². The number of hydrogen-bond donors (Lipinski definition) is 3. The highest BCUT2D eigenvalue weighted by Gasteiger charge is 2.30. The van der Waals surface area contributed by atoms with Crippen molar-refractivity contribution in [2.75, 3.05) is 26.7 Å². The number of aliphatic carboxylic acids is 1. The van der Waals surface area contributed by atoms with Crippen LogP contribution in [0.2, 0.25) is 0 Å². The number of carbonyl (C=O) groups is 3. The van der Waals surface area contributed by atoms with Gasteiger partial charge in [0, 0.05) is 19.6 Å². The Morgan fingerprint density at radius 1 is 1.43 bits per heavy atom. The van der Waals surface area contributed by atoms with Gasteiger partial charge in [-0.25, -0.2) is 4.79 Å². The third-order valence-corrected chi connectivity index (χ3v) is 3.40. The van der Waals surface area contributed by atoms with E-state index in [9.17, 15) is 19.5 Å². The number of nitrogens with zero attached hydrogens (tertiary/aromatic N) is 1. The smallest absolute Gasteiger partial charge is 0.317 e. The summed E-state index contributed by atoms with van der Waals surface area (Å²) in [7, 11) is 1.31. The number of piperidine rings is 1. The number of hydrogen-bond acceptors (Lipinski definition) is 5. The fourth-order valence-electron chi connectivity index (χ4n) is 2.29. The molecule has 1 heterocycles. The van der Waals surface area contributed by atoms with Crippen LogP contribution in [0.15, 0.2) is 0 Å². The van der Waals surface area contributed by atoms with Crippen molar-refractivity contribution in [1.29, 1.82) is 0 Å². The monoisotopic (exact) mass is 302 g/mol. The van der Waals surface area contributed by atoms with Gasteiger partial charge in [0.25, 0.3) is 0 Å². The number of esters is 1. The summed E-state index contributed by atoms with van der Waals surface area (Å²) in [4.78, 5) is 35.5. The van der Waals surface area contributed by atoms with Gasteiger partial charge in [0.2, 0.25) is 0 Å². The van der Waals surface area contributed by atoms with Gasteiger partial charge in [-0.2, -0.15) is 0 Å². The molecule has 0 saturated carbocycles. The number of aliphatic hydroxyl groups is 1. The topological polar surface area (TPSA) is 116 Å². The van der Waals surface area contributed by atoms with Gasteiger partial charge < -0.3 is 25.2 Å². The molecule has 2 atom stereocenters. The lowest BCUT2D eigenvalue weighted by atomic mass is 9.98. The second kappa shape index (κ2) is 7.26. The minimum atomic E-state index is -1.51. The second-order valence-corrected chi connectivity index (χ2v) is 5.53. The third-order valence-electron chi connectivity index (χ3n) is 3.40. The first-order chi connectivity index (χ1) is 9.75. The SMILES string of the molecule is COC(=O)C1CCCN(C(=O)NCC(C)(O)CC(=O)O)C1. The van der Waals surface area contributed by atoms with Crippen LogP contribution in [0.3, 0.4) is 0 Å². The molecule has 1 aliphatic heterocycles. The predicted molar refractivity (Wildman–Crippen MR) is 72.6 cm³/mol. The molecule has 3 N–H and O–H groups in total. The molecule has 0 aromatic heterocycles. The Morgan fingerprint density at radius 2 is 2.10 bits per heavy atom. The summed E-state index contributed by atoms with van der Waals surface area (Å²) in [5.41, 5.74) is -1.51. The molecular formula is C13H22N2O6. The number of carboxylic acids is 1. The molecule has 0 spiro atoms. The molecule has 1 rings (SSSR count). The summed E-state index contributed by atoms with van der Waals surface area (Å²) in [5.74, 6) is -1.82. The number of carboxylic acid groups (broad SMARTS) is 1. The molecule has 0 aromatic carbocycles. The van der Waals surface area contributed by atoms with Crippen LogP contribution in [0.1, 0.15) is 26.2 Å². The zero-order chi connectivity index (χ0) is 16.0. The Hall–Kier alpha value is -1.83. The summed E-state index contributed by atoms with van der Waals surface area (Å²) in [6.45, 7) is 1.95. The van der Waals surface area contributed by atoms with E-state index in [0.717, 1.165) is 0 Å². The minimum absolute atomic E-state index is 0.169. The molecule has 8 nitrogen and oxygen atoms in total. The van der Waals surface area contributed by atoms with Gasteiger partial charge in [-0.15, -0.1) is 0 Å². The van der Waals surface area contributed by atoms with Crippen molar-refractivity contribution < 1.29 is 29.3 Å². The number of likely N-dealkylation sites (tertiary alicyclic amines) is 1. The number of carbonyl (C=O) groups excluding carboxylic acids is 2. The predicted octanol–water partition coefficient (Wildman–Crippen LogP) is -0.193. The highest BCUT2D eigenvalue weighted by atomic mass is 16.5. The van der Waals surface area contributed by atoms with E-state index in [-0.39, 0.29) is 25.0 Å². The van der Waals surface area contributed by atoms with E-state index in [1.807, 2.05) is 0 Å². The van der Waals surface area contributed by atoms with E-state index in [0.29, 0.717) is 19.4 Å². The first-order valence-corrected chi connectivity index (χ1v) is 6.80. The highest BCUT2D eigenvalue weighted by Crippen LogP contribution is 2.18. The fourth-order valence-corrected chi connectivity index (χ4v) is 2.29. The highest BCUT2D eigenvalue weighted by molar-refractivity contribution is 5.77. The maximum atomic E-state index is 12.0. The molecule has 8 heteroatoms. The normalized spacial score (nSPS) is 21.3. The molecule has 1 fully saturated rings. The standard InChI is InChI=1S/C13H22N2O6/c1-13(20,6-10(16)17)8-14-12(19)15-5-3-4-9(7-15)11(18)21-2/h9,20H,3-8H2,1-2H3,(H,14,19)(H,16,17). The molecule has 2 amide bonds. The van der Waals surface area contributed by atoms with Crippen LogP contribution < -0.4 is 5.32 Å². The minimum Gasteiger partial charge on any atom is -0.481 e. The lowest BCUT2D eigenvalue weighted by Gasteiger charge is -2.32. The molecule has 120 valence electrons. The quantitative estimate of drug-likeness (QED) is 0.606. The summed E-state index contributed by atoms with van der Waals surface area (Å²) in [6.07, 6.45) is 0.907. The summed E-state index contributed by atoms with van der Waals surface area (Å²) in [6, 6.07) is -0.422. The average molecular weight is 302 g/mol. The van der Waals surface area contributed by atoms with Crippen molar-refractivity contribution in [3.63, 3.8) is 0 Å². The second-order valence-electron chi connectivity index (χ2n) is 5.53. The summed E-state index contributed by atoms with van der Waals surface area (Å²) >= 11 is 0. The molecule has 0 aromatic rings. The number of ether oxygens (including phenoxy) is 1. The average Bonchev–Trinajstić information content (AvgIpc) is 2.42. The van der Waals surface area contributed by atoms with E-state index in [2.05, 4.69) is 10.1 Å². The van der Waals surface area contributed by atoms with Crippen molar-refractivity contribution in [2.45, 2.75) is 31.8 Å². The Labute approximate surface area is 123 Å². The van der Waals surface area contributed by atoms with Crippen LogP contribution in [0, 0.1) is 5.92 Å². The van der Waals surface area contributed by atoms with Gasteiger partial charge in [0.05, 0.1) is 25.0 Å². The van der Waals surface area contributed by atoms with Gasteiger partial charge >= 0.3 is 18.0 Å². The summed E-state index contributed by atoms with van der Waals surface area (Å²) < 4.78 is 4.67. The van der Waals surface area contributed by atoms with E-state index >= 15 is 0 Å². The van der Waals surface area contributed by atoms with Crippen LogP contribution in [0.25, 0.3) is 0 Å². The molecular weight excluding hydrogens is 280 g/mol. The molecule has 0 radical (unpaired) electrons. The first kappa shape index (κ1) is 17.2. The lowest BCUT2D eigenvalue weighted by molar-refractivity contribution is -0.147. The Bertz CT molecular complexity index is 409. The maximum Gasteiger partial charge on any atom is 0.317 e. The Kier molecular flexibility index (Phi) is 5.95. The zero-order valence-electron chi connectivity index (χ0n) is 12.3. The van der Waals surface area contributed by atoms with Gasteiger partial charge in [-0.3, -0.25) is 9.59 Å². The lowest BCUT2D eigenvalue weighted by Crippen LogP contribution is -2.50. The van der Waals surface area contributed by atoms with E-state index in [1.54, 1.807) is 0 Å². The number of urea groups is 1. The Morgan fingerprint density at radius 3 is 2.67 bits per heavy atom. The van der Waals surface area contributed by atoms with Crippen molar-refractivity contribution in [3.05, 3.63) is 0 Å². The van der Waals surface area contributed by atoms with E-state index in [4.69, 9.17) is 5.11 Å². The zero-order valence-corrected chi connectivity index (χ0v) is 12.3. The van der Waals surface area contributed by atoms with Crippen LogP contribution in [0.5, 0.6) is 0 Å². The van der Waals surface area contributed by atoms with Gasteiger partial charge in [-0.1, -0.05) is 0 Å². The van der Waals surface area contributed by atoms with E-state index < -0.39 is 24.0 Å². The fraction of sp³-hybridized carbons (Fsp3) is 0.769.